The predicted molar refractivity (Wildman–Crippen MR) is 112 cm³/mol. The van der Waals surface area contributed by atoms with Crippen LogP contribution in [0.5, 0.6) is 11.5 Å². The van der Waals surface area contributed by atoms with Crippen molar-refractivity contribution in [3.05, 3.63) is 76.6 Å². The molecule has 0 unspecified atom stereocenters. The second-order valence-corrected chi connectivity index (χ2v) is 7.93. The van der Waals surface area contributed by atoms with E-state index in [9.17, 15) is 4.79 Å². The first-order valence-electron chi connectivity index (χ1n) is 10.3. The molecule has 3 aromatic rings. The number of hydrogen-bond donors (Lipinski definition) is 1. The molecule has 0 saturated carbocycles. The minimum atomic E-state index is -0.170. The first kappa shape index (κ1) is 17.3. The molecule has 1 aromatic heterocycles. The van der Waals surface area contributed by atoms with Gasteiger partial charge in [-0.05, 0) is 49.6 Å². The minimum absolute atomic E-state index is 0.170. The molecule has 0 saturated heterocycles. The van der Waals surface area contributed by atoms with Crippen LogP contribution in [-0.2, 0) is 4.79 Å². The fourth-order valence-electron chi connectivity index (χ4n) is 4.80. The van der Waals surface area contributed by atoms with Crippen LogP contribution in [0.25, 0.3) is 5.69 Å². The van der Waals surface area contributed by atoms with E-state index in [1.807, 2.05) is 60.1 Å². The predicted octanol–water partition coefficient (Wildman–Crippen LogP) is 4.47. The van der Waals surface area contributed by atoms with Gasteiger partial charge in [0.1, 0.15) is 5.82 Å². The minimum Gasteiger partial charge on any atom is -0.454 e. The van der Waals surface area contributed by atoms with Crippen molar-refractivity contribution in [3.63, 3.8) is 0 Å². The third-order valence-electron chi connectivity index (χ3n) is 6.14. The van der Waals surface area contributed by atoms with Gasteiger partial charge in [0.2, 0.25) is 6.79 Å². The Hall–Kier alpha value is -3.54. The van der Waals surface area contributed by atoms with Gasteiger partial charge in [0.05, 0.1) is 11.4 Å². The fourth-order valence-corrected chi connectivity index (χ4v) is 4.80. The van der Waals surface area contributed by atoms with Gasteiger partial charge in [0.15, 0.2) is 17.3 Å². The molecule has 6 nitrogen and oxygen atoms in total. The Bertz CT molecular complexity index is 1210. The van der Waals surface area contributed by atoms with E-state index in [1.54, 1.807) is 0 Å². The Morgan fingerprint density at radius 2 is 1.90 bits per heavy atom. The Morgan fingerprint density at radius 1 is 1.07 bits per heavy atom. The Balaban J connectivity index is 1.58. The molecule has 3 aliphatic rings. The molecule has 0 fully saturated rings. The smallest absolute Gasteiger partial charge is 0.231 e. The Morgan fingerprint density at radius 3 is 2.77 bits per heavy atom. The fraction of sp³-hybridized carbons (Fsp3) is 0.250. The van der Waals surface area contributed by atoms with E-state index in [-0.39, 0.29) is 18.5 Å². The number of allylic oxidation sites excluding steroid dienone is 2. The molecule has 1 N–H and O–H groups in total. The molecule has 150 valence electrons. The number of carbonyl (C=O) groups is 1. The van der Waals surface area contributed by atoms with Crippen molar-refractivity contribution in [1.82, 2.24) is 9.78 Å². The van der Waals surface area contributed by atoms with Crippen LogP contribution in [0.1, 0.15) is 42.0 Å². The SMILES string of the molecule is Cc1nn(-c2ccccc2)c2c1[C@@H](c1ccc3c(c1)OCO3)C1=C(CCCC1=O)N2. The van der Waals surface area contributed by atoms with Gasteiger partial charge in [-0.25, -0.2) is 4.68 Å². The highest BCUT2D eigenvalue weighted by Crippen LogP contribution is 2.48. The van der Waals surface area contributed by atoms with Crippen molar-refractivity contribution >= 4 is 11.6 Å². The van der Waals surface area contributed by atoms with Gasteiger partial charge in [0, 0.05) is 29.2 Å². The van der Waals surface area contributed by atoms with Crippen LogP contribution >= 0.6 is 0 Å². The summed E-state index contributed by atoms with van der Waals surface area (Å²) < 4.78 is 13.1. The second kappa shape index (κ2) is 6.49. The molecule has 2 aromatic carbocycles. The van der Waals surface area contributed by atoms with Crippen LogP contribution in [0.4, 0.5) is 5.82 Å². The summed E-state index contributed by atoms with van der Waals surface area (Å²) in [4.78, 5) is 13.1. The first-order chi connectivity index (χ1) is 14.7. The lowest BCUT2D eigenvalue weighted by molar-refractivity contribution is -0.116. The molecule has 1 aliphatic carbocycles. The summed E-state index contributed by atoms with van der Waals surface area (Å²) in [6.45, 7) is 2.24. The van der Waals surface area contributed by atoms with Crippen LogP contribution in [0.2, 0.25) is 0 Å². The van der Waals surface area contributed by atoms with Crippen LogP contribution < -0.4 is 14.8 Å². The largest absolute Gasteiger partial charge is 0.454 e. The van der Waals surface area contributed by atoms with Crippen LogP contribution in [-0.4, -0.2) is 22.4 Å². The molecule has 1 atom stereocenters. The average Bonchev–Trinajstić information content (AvgIpc) is 3.37. The highest BCUT2D eigenvalue weighted by molar-refractivity contribution is 6.01. The molecular weight excluding hydrogens is 378 g/mol. The van der Waals surface area contributed by atoms with Gasteiger partial charge in [-0.1, -0.05) is 24.3 Å². The number of Topliss-reactive ketones (excluding diaryl/α,β-unsaturated/α-hetero) is 1. The van der Waals surface area contributed by atoms with E-state index in [1.165, 1.54) is 0 Å². The van der Waals surface area contributed by atoms with Crippen LogP contribution in [0, 0.1) is 6.92 Å². The zero-order valence-electron chi connectivity index (χ0n) is 16.6. The zero-order chi connectivity index (χ0) is 20.2. The number of nitrogens with zero attached hydrogens (tertiary/aromatic N) is 2. The molecule has 0 amide bonds. The third kappa shape index (κ3) is 2.49. The summed E-state index contributed by atoms with van der Waals surface area (Å²) in [6.07, 6.45) is 2.32. The molecule has 0 radical (unpaired) electrons. The number of aryl methyl sites for hydroxylation is 1. The molecule has 0 spiro atoms. The molecule has 2 aliphatic heterocycles. The van der Waals surface area contributed by atoms with Crippen LogP contribution in [0.3, 0.4) is 0 Å². The van der Waals surface area contributed by atoms with Crippen LogP contribution in [0.15, 0.2) is 59.8 Å². The highest BCUT2D eigenvalue weighted by atomic mass is 16.7. The number of carbonyl (C=O) groups excluding carboxylic acids is 1. The van der Waals surface area contributed by atoms with Gasteiger partial charge in [0.25, 0.3) is 0 Å². The van der Waals surface area contributed by atoms with E-state index < -0.39 is 0 Å². The van der Waals surface area contributed by atoms with E-state index in [4.69, 9.17) is 14.6 Å². The Kier molecular flexibility index (Phi) is 3.75. The van der Waals surface area contributed by atoms with Crippen molar-refractivity contribution in [2.24, 2.45) is 0 Å². The van der Waals surface area contributed by atoms with Gasteiger partial charge < -0.3 is 14.8 Å². The highest BCUT2D eigenvalue weighted by Gasteiger charge is 2.39. The lowest BCUT2D eigenvalue weighted by atomic mass is 9.76. The summed E-state index contributed by atoms with van der Waals surface area (Å²) in [5.74, 6) is 2.45. The number of hydrogen-bond acceptors (Lipinski definition) is 5. The standard InChI is InChI=1S/C24H21N3O3/c1-14-21-22(15-10-11-19-20(12-15)30-13-29-19)23-17(8-5-9-18(23)28)25-24(21)27(26-14)16-6-3-2-4-7-16/h2-4,6-7,10-12,22,25H,5,8-9,13H2,1H3/t22-/m1/s1. The average molecular weight is 399 g/mol. The number of rotatable bonds is 2. The van der Waals surface area contributed by atoms with Gasteiger partial charge in [-0.3, -0.25) is 4.79 Å². The molecule has 30 heavy (non-hydrogen) atoms. The van der Waals surface area contributed by atoms with Crippen molar-refractivity contribution in [2.45, 2.75) is 32.1 Å². The molecule has 3 heterocycles. The van der Waals surface area contributed by atoms with Gasteiger partial charge in [-0.2, -0.15) is 5.10 Å². The maximum absolute atomic E-state index is 13.1. The first-order valence-corrected chi connectivity index (χ1v) is 10.3. The zero-order valence-corrected chi connectivity index (χ0v) is 16.6. The number of para-hydroxylation sites is 1. The summed E-state index contributed by atoms with van der Waals surface area (Å²) in [5.41, 5.74) is 5.85. The summed E-state index contributed by atoms with van der Waals surface area (Å²) >= 11 is 0. The second-order valence-electron chi connectivity index (χ2n) is 7.93. The van der Waals surface area contributed by atoms with Gasteiger partial charge in [-0.15, -0.1) is 0 Å². The lowest BCUT2D eigenvalue weighted by Gasteiger charge is -2.33. The summed E-state index contributed by atoms with van der Waals surface area (Å²) in [6, 6.07) is 16.1. The number of ether oxygens (including phenoxy) is 2. The van der Waals surface area contributed by atoms with Gasteiger partial charge >= 0.3 is 0 Å². The molecular formula is C24H21N3O3. The maximum Gasteiger partial charge on any atom is 0.231 e. The van der Waals surface area contributed by atoms with E-state index >= 15 is 0 Å². The summed E-state index contributed by atoms with van der Waals surface area (Å²) in [7, 11) is 0. The third-order valence-corrected chi connectivity index (χ3v) is 6.14. The molecule has 0 bridgehead atoms. The number of aromatic nitrogens is 2. The van der Waals surface area contributed by atoms with E-state index in [0.29, 0.717) is 6.42 Å². The molecule has 6 rings (SSSR count). The normalized spacial score (nSPS) is 19.4. The number of ketones is 1. The number of fused-ring (bicyclic) bond motifs is 2. The Labute approximate surface area is 174 Å². The van der Waals surface area contributed by atoms with Crippen molar-refractivity contribution in [3.8, 4) is 17.2 Å². The topological polar surface area (TPSA) is 65.4 Å². The monoisotopic (exact) mass is 399 g/mol. The van der Waals surface area contributed by atoms with Crippen molar-refractivity contribution in [2.75, 3.05) is 12.1 Å². The quantitative estimate of drug-likeness (QED) is 0.689. The maximum atomic E-state index is 13.1. The lowest BCUT2D eigenvalue weighted by Crippen LogP contribution is -2.27. The van der Waals surface area contributed by atoms with Crippen molar-refractivity contribution in [1.29, 1.82) is 0 Å². The number of benzene rings is 2. The number of anilines is 1. The van der Waals surface area contributed by atoms with E-state index in [0.717, 1.165) is 63.9 Å². The summed E-state index contributed by atoms with van der Waals surface area (Å²) in [5, 5.41) is 8.43. The molecule has 6 heteroatoms. The van der Waals surface area contributed by atoms with E-state index in [2.05, 4.69) is 5.32 Å². The number of nitrogens with one attached hydrogen (secondary N) is 1. The van der Waals surface area contributed by atoms with Crippen molar-refractivity contribution < 1.29 is 14.3 Å².